The summed E-state index contributed by atoms with van der Waals surface area (Å²) in [6.07, 6.45) is 0.401. The number of hydrogen-bond donors (Lipinski definition) is 2. The molecule has 2 rings (SSSR count). The van der Waals surface area contributed by atoms with Crippen molar-refractivity contribution in [3.05, 3.63) is 53.3 Å². The summed E-state index contributed by atoms with van der Waals surface area (Å²) >= 11 is 0. The van der Waals surface area contributed by atoms with E-state index in [0.29, 0.717) is 35.7 Å². The molecule has 0 fully saturated rings. The quantitative estimate of drug-likeness (QED) is 0.677. The van der Waals surface area contributed by atoms with Crippen LogP contribution < -0.4 is 25.1 Å². The summed E-state index contributed by atoms with van der Waals surface area (Å²) in [5, 5.41) is 0. The van der Waals surface area contributed by atoms with Crippen LogP contribution in [0.4, 0.5) is 4.39 Å². The number of aryl methyl sites for hydroxylation is 1. The normalized spacial score (nSPS) is 10.1. The Bertz CT molecular complexity index is 841. The minimum Gasteiger partial charge on any atom is -0.494 e. The lowest BCUT2D eigenvalue weighted by molar-refractivity contribution is -0.121. The lowest BCUT2D eigenvalue weighted by Crippen LogP contribution is -2.41. The van der Waals surface area contributed by atoms with Gasteiger partial charge in [-0.3, -0.25) is 20.4 Å². The van der Waals surface area contributed by atoms with E-state index in [4.69, 9.17) is 14.2 Å². The van der Waals surface area contributed by atoms with E-state index in [1.807, 2.05) is 6.92 Å². The second-order valence-corrected chi connectivity index (χ2v) is 5.77. The van der Waals surface area contributed by atoms with Gasteiger partial charge in [-0.2, -0.15) is 0 Å². The van der Waals surface area contributed by atoms with E-state index < -0.39 is 17.6 Å². The summed E-state index contributed by atoms with van der Waals surface area (Å²) in [5.74, 6) is -0.295. The summed E-state index contributed by atoms with van der Waals surface area (Å²) in [4.78, 5) is 24.1. The van der Waals surface area contributed by atoms with Crippen LogP contribution in [0.15, 0.2) is 36.4 Å². The van der Waals surface area contributed by atoms with E-state index in [-0.39, 0.29) is 12.2 Å². The van der Waals surface area contributed by atoms with Crippen LogP contribution in [0.1, 0.15) is 29.3 Å². The van der Waals surface area contributed by atoms with Gasteiger partial charge in [0, 0.05) is 12.0 Å². The largest absolute Gasteiger partial charge is 0.494 e. The van der Waals surface area contributed by atoms with Crippen LogP contribution in [-0.4, -0.2) is 32.6 Å². The van der Waals surface area contributed by atoms with Gasteiger partial charge in [-0.25, -0.2) is 4.39 Å². The monoisotopic (exact) mass is 390 g/mol. The van der Waals surface area contributed by atoms with Gasteiger partial charge in [0.15, 0.2) is 23.1 Å². The summed E-state index contributed by atoms with van der Waals surface area (Å²) in [6.45, 7) is 2.31. The zero-order valence-corrected chi connectivity index (χ0v) is 16.0. The van der Waals surface area contributed by atoms with Crippen LogP contribution in [-0.2, 0) is 11.2 Å². The Kier molecular flexibility index (Phi) is 7.62. The molecule has 2 amide bonds. The molecule has 0 spiro atoms. The van der Waals surface area contributed by atoms with E-state index in [2.05, 4.69) is 10.9 Å². The van der Waals surface area contributed by atoms with E-state index in [1.54, 1.807) is 18.2 Å². The Hall–Kier alpha value is -3.29. The predicted molar refractivity (Wildman–Crippen MR) is 101 cm³/mol. The number of ether oxygens (including phenoxy) is 3. The fourth-order valence-electron chi connectivity index (χ4n) is 2.47. The Morgan fingerprint density at radius 1 is 0.964 bits per heavy atom. The third kappa shape index (κ3) is 5.60. The van der Waals surface area contributed by atoms with E-state index in [9.17, 15) is 14.0 Å². The Morgan fingerprint density at radius 2 is 1.68 bits per heavy atom. The van der Waals surface area contributed by atoms with Crippen molar-refractivity contribution in [3.63, 3.8) is 0 Å². The van der Waals surface area contributed by atoms with Crippen LogP contribution in [0.5, 0.6) is 17.2 Å². The standard InChI is InChI=1S/C20H23FN2O5/c1-4-28-17-9-7-14(12-18(17)27-3)20(25)23-22-19(24)10-6-13-5-8-16(26-2)15(21)11-13/h5,7-9,11-12H,4,6,10H2,1-3H3,(H,22,24)(H,23,25). The summed E-state index contributed by atoms with van der Waals surface area (Å²) in [5.41, 5.74) is 5.63. The average molecular weight is 390 g/mol. The molecule has 0 aliphatic rings. The first-order chi connectivity index (χ1) is 13.5. The zero-order chi connectivity index (χ0) is 20.5. The number of amides is 2. The average Bonchev–Trinajstić information content (AvgIpc) is 2.71. The van der Waals surface area contributed by atoms with E-state index in [1.165, 1.54) is 32.4 Å². The van der Waals surface area contributed by atoms with Crippen molar-refractivity contribution in [2.24, 2.45) is 0 Å². The molecule has 0 aliphatic heterocycles. The molecule has 0 aromatic heterocycles. The molecule has 0 saturated heterocycles. The van der Waals surface area contributed by atoms with Crippen molar-refractivity contribution >= 4 is 11.8 Å². The number of methoxy groups -OCH3 is 2. The van der Waals surface area contributed by atoms with E-state index in [0.717, 1.165) is 0 Å². The molecular formula is C20H23FN2O5. The maximum atomic E-state index is 13.7. The smallest absolute Gasteiger partial charge is 0.269 e. The number of carbonyl (C=O) groups excluding carboxylic acids is 2. The fourth-order valence-corrected chi connectivity index (χ4v) is 2.47. The van der Waals surface area contributed by atoms with E-state index >= 15 is 0 Å². The molecule has 2 aromatic carbocycles. The van der Waals surface area contributed by atoms with Crippen molar-refractivity contribution in [1.29, 1.82) is 0 Å². The number of benzene rings is 2. The highest BCUT2D eigenvalue weighted by Gasteiger charge is 2.12. The topological polar surface area (TPSA) is 85.9 Å². The molecular weight excluding hydrogens is 367 g/mol. The van der Waals surface area contributed by atoms with Gasteiger partial charge in [0.05, 0.1) is 20.8 Å². The lowest BCUT2D eigenvalue weighted by Gasteiger charge is -2.12. The molecule has 8 heteroatoms. The van der Waals surface area contributed by atoms with Crippen LogP contribution in [0.2, 0.25) is 0 Å². The Labute approximate surface area is 162 Å². The molecule has 0 saturated carbocycles. The minimum atomic E-state index is -0.495. The van der Waals surface area contributed by atoms with Gasteiger partial charge < -0.3 is 14.2 Å². The second kappa shape index (κ2) is 10.1. The fraction of sp³-hybridized carbons (Fsp3) is 0.300. The SMILES string of the molecule is CCOc1ccc(C(=O)NNC(=O)CCc2ccc(OC)c(F)c2)cc1OC. The van der Waals surface area contributed by atoms with Gasteiger partial charge in [-0.05, 0) is 49.2 Å². The second-order valence-electron chi connectivity index (χ2n) is 5.77. The molecule has 150 valence electrons. The van der Waals surface area contributed by atoms with Gasteiger partial charge in [0.1, 0.15) is 0 Å². The molecule has 2 aromatic rings. The lowest BCUT2D eigenvalue weighted by atomic mass is 10.1. The molecule has 0 heterocycles. The van der Waals surface area contributed by atoms with Gasteiger partial charge >= 0.3 is 0 Å². The number of halogens is 1. The van der Waals surface area contributed by atoms with Crippen molar-refractivity contribution < 1.29 is 28.2 Å². The summed E-state index contributed by atoms with van der Waals surface area (Å²) in [6, 6.07) is 9.21. The third-order valence-corrected chi connectivity index (χ3v) is 3.90. The predicted octanol–water partition coefficient (Wildman–Crippen LogP) is 2.64. The highest BCUT2D eigenvalue weighted by molar-refractivity contribution is 5.96. The highest BCUT2D eigenvalue weighted by Crippen LogP contribution is 2.27. The van der Waals surface area contributed by atoms with Crippen LogP contribution in [0.3, 0.4) is 0 Å². The van der Waals surface area contributed by atoms with Crippen LogP contribution >= 0.6 is 0 Å². The molecule has 0 atom stereocenters. The van der Waals surface area contributed by atoms with Crippen LogP contribution in [0, 0.1) is 5.82 Å². The van der Waals surface area contributed by atoms with Crippen molar-refractivity contribution in [2.75, 3.05) is 20.8 Å². The number of carbonyl (C=O) groups is 2. The van der Waals surface area contributed by atoms with Gasteiger partial charge in [-0.15, -0.1) is 0 Å². The van der Waals surface area contributed by atoms with Gasteiger partial charge in [0.25, 0.3) is 5.91 Å². The van der Waals surface area contributed by atoms with Crippen LogP contribution in [0.25, 0.3) is 0 Å². The van der Waals surface area contributed by atoms with Crippen molar-refractivity contribution in [2.45, 2.75) is 19.8 Å². The highest BCUT2D eigenvalue weighted by atomic mass is 19.1. The maximum absolute atomic E-state index is 13.7. The van der Waals surface area contributed by atoms with Gasteiger partial charge in [0.2, 0.25) is 5.91 Å². The molecule has 7 nitrogen and oxygen atoms in total. The summed E-state index contributed by atoms with van der Waals surface area (Å²) < 4.78 is 29.1. The molecule has 0 unspecified atom stereocenters. The third-order valence-electron chi connectivity index (χ3n) is 3.90. The zero-order valence-electron chi connectivity index (χ0n) is 16.0. The molecule has 0 radical (unpaired) electrons. The first-order valence-corrected chi connectivity index (χ1v) is 8.71. The van der Waals surface area contributed by atoms with Crippen molar-refractivity contribution in [3.8, 4) is 17.2 Å². The molecule has 0 aliphatic carbocycles. The first-order valence-electron chi connectivity index (χ1n) is 8.71. The number of nitrogens with one attached hydrogen (secondary N) is 2. The first kappa shape index (κ1) is 21.0. The number of hydrogen-bond acceptors (Lipinski definition) is 5. The van der Waals surface area contributed by atoms with Gasteiger partial charge in [-0.1, -0.05) is 6.07 Å². The molecule has 0 bridgehead atoms. The Morgan fingerprint density at radius 3 is 2.32 bits per heavy atom. The maximum Gasteiger partial charge on any atom is 0.269 e. The minimum absolute atomic E-state index is 0.0820. The molecule has 28 heavy (non-hydrogen) atoms. The number of hydrazine groups is 1. The Balaban J connectivity index is 1.86. The molecule has 2 N–H and O–H groups in total. The summed E-state index contributed by atoms with van der Waals surface area (Å²) in [7, 11) is 2.86. The van der Waals surface area contributed by atoms with Crippen molar-refractivity contribution in [1.82, 2.24) is 10.9 Å². The number of rotatable bonds is 8.